The van der Waals surface area contributed by atoms with Crippen LogP contribution in [0.4, 0.5) is 10.8 Å². The van der Waals surface area contributed by atoms with Crippen LogP contribution in [0, 0.1) is 0 Å². The number of aromatic nitrogens is 1. The number of hydrogen-bond donors (Lipinski definition) is 3. The third-order valence-electron chi connectivity index (χ3n) is 8.51. The molecule has 3 amide bonds. The van der Waals surface area contributed by atoms with Gasteiger partial charge in [-0.2, -0.15) is 0 Å². The average molecular weight is 812 g/mol. The minimum absolute atomic E-state index is 0.0780. The maximum absolute atomic E-state index is 13.8. The molecule has 0 bridgehead atoms. The van der Waals surface area contributed by atoms with E-state index in [0.717, 1.165) is 27.1 Å². The van der Waals surface area contributed by atoms with Crippen molar-refractivity contribution in [2.75, 3.05) is 10.6 Å². The van der Waals surface area contributed by atoms with E-state index in [-0.39, 0.29) is 11.6 Å². The van der Waals surface area contributed by atoms with Crippen LogP contribution >= 0.6 is 46.3 Å². The fourth-order valence-electron chi connectivity index (χ4n) is 5.69. The summed E-state index contributed by atoms with van der Waals surface area (Å²) < 4.78 is 0. The second-order valence-corrected chi connectivity index (χ2v) is 15.3. The van der Waals surface area contributed by atoms with Crippen LogP contribution in [0.2, 0.25) is 10.0 Å². The Morgan fingerprint density at radius 2 is 1.34 bits per heavy atom. The van der Waals surface area contributed by atoms with Crippen LogP contribution in [0.5, 0.6) is 0 Å². The van der Waals surface area contributed by atoms with Gasteiger partial charge in [0.2, 0.25) is 5.91 Å². The molecule has 56 heavy (non-hydrogen) atoms. The molecule has 0 aliphatic carbocycles. The number of hydrogen-bond acceptors (Lipinski definition) is 6. The highest BCUT2D eigenvalue weighted by molar-refractivity contribution is 8.00. The lowest BCUT2D eigenvalue weighted by Gasteiger charge is -2.17. The summed E-state index contributed by atoms with van der Waals surface area (Å²) in [5.74, 6) is -1.15. The Morgan fingerprint density at radius 3 is 2.02 bits per heavy atom. The fourth-order valence-corrected chi connectivity index (χ4v) is 7.93. The number of halogens is 2. The minimum atomic E-state index is -0.612. The normalized spacial score (nSPS) is 11.7. The van der Waals surface area contributed by atoms with Crippen molar-refractivity contribution in [3.63, 3.8) is 0 Å². The van der Waals surface area contributed by atoms with Gasteiger partial charge in [0.25, 0.3) is 11.8 Å². The van der Waals surface area contributed by atoms with E-state index < -0.39 is 17.1 Å². The third kappa shape index (κ3) is 9.82. The molecule has 0 radical (unpaired) electrons. The summed E-state index contributed by atoms with van der Waals surface area (Å²) in [4.78, 5) is 46.1. The molecule has 0 aliphatic heterocycles. The van der Waals surface area contributed by atoms with Crippen LogP contribution in [0.15, 0.2) is 174 Å². The van der Waals surface area contributed by atoms with Crippen LogP contribution in [0.3, 0.4) is 0 Å². The zero-order chi connectivity index (χ0) is 38.9. The standard InChI is InChI=1S/C45H32Cl2N4O3S2/c46-34-20-25-37(38(47)27-34)40-28-55-45(50-40)51-44(54)41(32-12-6-2-7-13-32)56-36-23-21-35(22-24-36)48-43(53)39(49-42(52)33-14-8-3-9-15-33)26-29-16-18-31(19-17-29)30-10-4-1-5-11-30/h1-28,41H,(H,48,53)(H,49,52)(H,50,51,54)/b39-26-. The number of rotatable bonds is 12. The van der Waals surface area contributed by atoms with E-state index in [4.69, 9.17) is 23.2 Å². The van der Waals surface area contributed by atoms with E-state index in [1.165, 1.54) is 23.1 Å². The summed E-state index contributed by atoms with van der Waals surface area (Å²) in [6.07, 6.45) is 1.65. The summed E-state index contributed by atoms with van der Waals surface area (Å²) in [6.45, 7) is 0. The second kappa shape index (κ2) is 18.1. The van der Waals surface area contributed by atoms with Gasteiger partial charge in [-0.05, 0) is 82.9 Å². The van der Waals surface area contributed by atoms with Gasteiger partial charge in [0.05, 0.1) is 10.7 Å². The van der Waals surface area contributed by atoms with Crippen molar-refractivity contribution in [2.24, 2.45) is 0 Å². The van der Waals surface area contributed by atoms with Crippen LogP contribution < -0.4 is 16.0 Å². The Morgan fingerprint density at radius 1 is 0.696 bits per heavy atom. The first-order valence-corrected chi connectivity index (χ1v) is 19.9. The van der Waals surface area contributed by atoms with Gasteiger partial charge < -0.3 is 16.0 Å². The predicted molar refractivity (Wildman–Crippen MR) is 230 cm³/mol. The molecule has 7 aromatic rings. The SMILES string of the molecule is O=C(Nc1ccc(SC(C(=O)Nc2nc(-c3ccc(Cl)cc3Cl)cs2)c2ccccc2)cc1)/C(=C/c1ccc(-c2ccccc2)cc1)NC(=O)c1ccccc1. The molecule has 276 valence electrons. The highest BCUT2D eigenvalue weighted by atomic mass is 35.5. The van der Waals surface area contributed by atoms with Gasteiger partial charge in [0.15, 0.2) is 5.13 Å². The first-order valence-electron chi connectivity index (χ1n) is 17.4. The lowest BCUT2D eigenvalue weighted by Crippen LogP contribution is -2.30. The molecule has 0 aliphatic rings. The second-order valence-electron chi connectivity index (χ2n) is 12.4. The van der Waals surface area contributed by atoms with Gasteiger partial charge in [-0.15, -0.1) is 23.1 Å². The van der Waals surface area contributed by atoms with E-state index in [1.807, 2.05) is 109 Å². The fraction of sp³-hybridized carbons (Fsp3) is 0.0222. The molecule has 6 aromatic carbocycles. The van der Waals surface area contributed by atoms with Crippen LogP contribution in [0.25, 0.3) is 28.5 Å². The van der Waals surface area contributed by atoms with Crippen LogP contribution in [-0.2, 0) is 9.59 Å². The molecular formula is C45H32Cl2N4O3S2. The van der Waals surface area contributed by atoms with Crippen molar-refractivity contribution in [3.8, 4) is 22.4 Å². The summed E-state index contributed by atoms with van der Waals surface area (Å²) in [6, 6.07) is 48.3. The number of amides is 3. The minimum Gasteiger partial charge on any atom is -0.321 e. The van der Waals surface area contributed by atoms with Gasteiger partial charge >= 0.3 is 0 Å². The highest BCUT2D eigenvalue weighted by Gasteiger charge is 2.24. The van der Waals surface area contributed by atoms with Crippen molar-refractivity contribution in [2.45, 2.75) is 10.1 Å². The Hall–Kier alpha value is -5.97. The number of carbonyl (C=O) groups excluding carboxylic acids is 3. The van der Waals surface area contributed by atoms with Crippen LogP contribution in [-0.4, -0.2) is 22.7 Å². The molecule has 0 saturated carbocycles. The van der Waals surface area contributed by atoms with E-state index >= 15 is 0 Å². The summed E-state index contributed by atoms with van der Waals surface area (Å²) in [5.41, 5.74) is 6.01. The molecular weight excluding hydrogens is 780 g/mol. The molecule has 1 unspecified atom stereocenters. The number of carbonyl (C=O) groups is 3. The summed E-state index contributed by atoms with van der Waals surface area (Å²) >= 11 is 15.1. The highest BCUT2D eigenvalue weighted by Crippen LogP contribution is 2.38. The van der Waals surface area contributed by atoms with Crippen molar-refractivity contribution < 1.29 is 14.4 Å². The summed E-state index contributed by atoms with van der Waals surface area (Å²) in [5, 5.41) is 11.3. The number of anilines is 2. The predicted octanol–water partition coefficient (Wildman–Crippen LogP) is 11.7. The van der Waals surface area contributed by atoms with Gasteiger partial charge in [-0.1, -0.05) is 126 Å². The number of benzene rings is 6. The van der Waals surface area contributed by atoms with Gasteiger partial charge in [-0.25, -0.2) is 4.98 Å². The topological polar surface area (TPSA) is 100 Å². The van der Waals surface area contributed by atoms with E-state index in [1.54, 1.807) is 60.7 Å². The van der Waals surface area contributed by atoms with Gasteiger partial charge in [-0.3, -0.25) is 14.4 Å². The smallest absolute Gasteiger partial charge is 0.272 e. The average Bonchev–Trinajstić information content (AvgIpc) is 3.69. The largest absolute Gasteiger partial charge is 0.321 e. The first kappa shape index (κ1) is 38.3. The lowest BCUT2D eigenvalue weighted by atomic mass is 10.0. The Bertz CT molecular complexity index is 2500. The zero-order valence-electron chi connectivity index (χ0n) is 29.5. The van der Waals surface area contributed by atoms with E-state index in [2.05, 4.69) is 20.9 Å². The molecule has 0 fully saturated rings. The molecule has 3 N–H and O–H groups in total. The number of nitrogens with one attached hydrogen (secondary N) is 3. The zero-order valence-corrected chi connectivity index (χ0v) is 32.6. The Balaban J connectivity index is 1.07. The van der Waals surface area contributed by atoms with Crippen molar-refractivity contribution in [3.05, 3.63) is 196 Å². The van der Waals surface area contributed by atoms with Crippen molar-refractivity contribution in [1.29, 1.82) is 0 Å². The number of thioether (sulfide) groups is 1. The third-order valence-corrected chi connectivity index (χ3v) is 11.1. The molecule has 1 aromatic heterocycles. The lowest BCUT2D eigenvalue weighted by molar-refractivity contribution is -0.116. The number of nitrogens with zero attached hydrogens (tertiary/aromatic N) is 1. The van der Waals surface area contributed by atoms with E-state index in [9.17, 15) is 14.4 Å². The maximum atomic E-state index is 13.8. The molecule has 7 nitrogen and oxygen atoms in total. The monoisotopic (exact) mass is 810 g/mol. The molecule has 1 heterocycles. The van der Waals surface area contributed by atoms with Gasteiger partial charge in [0, 0.05) is 32.1 Å². The first-order chi connectivity index (χ1) is 27.3. The molecule has 11 heteroatoms. The molecule has 1 atom stereocenters. The molecule has 7 rings (SSSR count). The number of thiazole rings is 1. The Labute approximate surface area is 342 Å². The summed E-state index contributed by atoms with van der Waals surface area (Å²) in [7, 11) is 0. The maximum Gasteiger partial charge on any atom is 0.272 e. The molecule has 0 spiro atoms. The van der Waals surface area contributed by atoms with Crippen molar-refractivity contribution in [1.82, 2.24) is 10.3 Å². The van der Waals surface area contributed by atoms with Crippen molar-refractivity contribution >= 4 is 80.9 Å². The quantitative estimate of drug-likeness (QED) is 0.0843. The Kier molecular flexibility index (Phi) is 12.4. The van der Waals surface area contributed by atoms with Crippen LogP contribution in [0.1, 0.15) is 26.7 Å². The van der Waals surface area contributed by atoms with E-state index in [0.29, 0.717) is 37.7 Å². The van der Waals surface area contributed by atoms with Gasteiger partial charge in [0.1, 0.15) is 10.9 Å². The molecule has 0 saturated heterocycles.